The SMILES string of the molecule is CN(C(=O)N1CCOCC1)C1CCCN(c2ncnc3c2ncn3C)C1. The lowest BCUT2D eigenvalue weighted by atomic mass is 10.0. The average Bonchev–Trinajstić information content (AvgIpc) is 3.09. The third-order valence-electron chi connectivity index (χ3n) is 5.30. The normalized spacial score (nSPS) is 21.2. The number of carbonyl (C=O) groups excluding carboxylic acids is 1. The molecular formula is C17H25N7O2. The van der Waals surface area contributed by atoms with Crippen LogP contribution in [0.4, 0.5) is 10.6 Å². The predicted octanol–water partition coefficient (Wildman–Crippen LogP) is 0.716. The summed E-state index contributed by atoms with van der Waals surface area (Å²) < 4.78 is 7.25. The lowest BCUT2D eigenvalue weighted by molar-refractivity contribution is 0.0414. The van der Waals surface area contributed by atoms with Crippen LogP contribution in [0, 0.1) is 0 Å². The highest BCUT2D eigenvalue weighted by Gasteiger charge is 2.30. The highest BCUT2D eigenvalue weighted by atomic mass is 16.5. The Bertz CT molecular complexity index is 787. The van der Waals surface area contributed by atoms with Gasteiger partial charge in [-0.15, -0.1) is 0 Å². The number of piperidine rings is 1. The Kier molecular flexibility index (Phi) is 4.62. The molecule has 26 heavy (non-hydrogen) atoms. The molecular weight excluding hydrogens is 334 g/mol. The van der Waals surface area contributed by atoms with Crippen molar-refractivity contribution in [3.8, 4) is 0 Å². The number of urea groups is 1. The molecule has 0 radical (unpaired) electrons. The quantitative estimate of drug-likeness (QED) is 0.786. The van der Waals surface area contributed by atoms with Gasteiger partial charge in [0.2, 0.25) is 0 Å². The number of hydrogen-bond donors (Lipinski definition) is 0. The second-order valence-electron chi connectivity index (χ2n) is 6.96. The van der Waals surface area contributed by atoms with Crippen molar-refractivity contribution >= 4 is 23.0 Å². The molecule has 4 rings (SSSR count). The number of nitrogens with zero attached hydrogens (tertiary/aromatic N) is 7. The van der Waals surface area contributed by atoms with Crippen molar-refractivity contribution in [1.82, 2.24) is 29.3 Å². The van der Waals surface area contributed by atoms with Crippen LogP contribution >= 0.6 is 0 Å². The van der Waals surface area contributed by atoms with Gasteiger partial charge < -0.3 is 24.0 Å². The van der Waals surface area contributed by atoms with Crippen LogP contribution in [0.5, 0.6) is 0 Å². The highest BCUT2D eigenvalue weighted by molar-refractivity contribution is 5.83. The fourth-order valence-electron chi connectivity index (χ4n) is 3.76. The topological polar surface area (TPSA) is 79.6 Å². The Morgan fingerprint density at radius 2 is 2.04 bits per heavy atom. The number of anilines is 1. The van der Waals surface area contributed by atoms with Crippen LogP contribution in [0.25, 0.3) is 11.2 Å². The largest absolute Gasteiger partial charge is 0.378 e. The van der Waals surface area contributed by atoms with Crippen molar-refractivity contribution in [3.63, 3.8) is 0 Å². The summed E-state index contributed by atoms with van der Waals surface area (Å²) in [5.74, 6) is 0.854. The van der Waals surface area contributed by atoms with E-state index in [1.807, 2.05) is 28.5 Å². The summed E-state index contributed by atoms with van der Waals surface area (Å²) in [6, 6.07) is 0.249. The molecule has 2 amide bonds. The standard InChI is InChI=1S/C17H25N7O2/c1-21-12-20-14-15(21)18-11-19-16(14)24-5-3-4-13(10-24)22(2)17(25)23-6-8-26-9-7-23/h11-13H,3-10H2,1-2H3. The van der Waals surface area contributed by atoms with Crippen LogP contribution in [0.2, 0.25) is 0 Å². The fourth-order valence-corrected chi connectivity index (χ4v) is 3.76. The molecule has 2 aliphatic heterocycles. The van der Waals surface area contributed by atoms with Crippen molar-refractivity contribution in [2.45, 2.75) is 18.9 Å². The van der Waals surface area contributed by atoms with Crippen molar-refractivity contribution in [1.29, 1.82) is 0 Å². The van der Waals surface area contributed by atoms with Crippen LogP contribution in [0.1, 0.15) is 12.8 Å². The van der Waals surface area contributed by atoms with Crippen LogP contribution in [-0.2, 0) is 11.8 Å². The summed E-state index contributed by atoms with van der Waals surface area (Å²) in [5, 5.41) is 0. The molecule has 0 saturated carbocycles. The van der Waals surface area contributed by atoms with E-state index in [0.29, 0.717) is 26.3 Å². The van der Waals surface area contributed by atoms with Crippen LogP contribution in [-0.4, -0.2) is 87.8 Å². The molecule has 4 heterocycles. The number of morpholine rings is 1. The summed E-state index contributed by atoms with van der Waals surface area (Å²) in [6.07, 6.45) is 5.37. The zero-order valence-corrected chi connectivity index (χ0v) is 15.3. The molecule has 2 aromatic rings. The minimum Gasteiger partial charge on any atom is -0.378 e. The maximum absolute atomic E-state index is 12.8. The average molecular weight is 359 g/mol. The van der Waals surface area contributed by atoms with Crippen LogP contribution in [0.3, 0.4) is 0 Å². The third-order valence-corrected chi connectivity index (χ3v) is 5.30. The van der Waals surface area contributed by atoms with Crippen LogP contribution < -0.4 is 4.90 Å². The molecule has 9 nitrogen and oxygen atoms in total. The third kappa shape index (κ3) is 3.07. The highest BCUT2D eigenvalue weighted by Crippen LogP contribution is 2.26. The molecule has 2 aliphatic rings. The van der Waals surface area contributed by atoms with E-state index in [1.54, 1.807) is 12.7 Å². The minimum absolute atomic E-state index is 0.0887. The molecule has 0 bridgehead atoms. The fraction of sp³-hybridized carbons (Fsp3) is 0.647. The monoisotopic (exact) mass is 359 g/mol. The molecule has 0 aliphatic carbocycles. The summed E-state index contributed by atoms with van der Waals surface area (Å²) in [4.78, 5) is 32.1. The molecule has 0 N–H and O–H groups in total. The molecule has 1 unspecified atom stereocenters. The summed E-state index contributed by atoms with van der Waals surface area (Å²) in [5.41, 5.74) is 1.65. The van der Waals surface area contributed by atoms with E-state index < -0.39 is 0 Å². The zero-order chi connectivity index (χ0) is 18.1. The Labute approximate surface area is 152 Å². The number of imidazole rings is 1. The first-order valence-corrected chi connectivity index (χ1v) is 9.11. The van der Waals surface area contributed by atoms with E-state index in [2.05, 4.69) is 19.9 Å². The number of ether oxygens (including phenoxy) is 1. The molecule has 9 heteroatoms. The van der Waals surface area contributed by atoms with Crippen molar-refractivity contribution in [3.05, 3.63) is 12.7 Å². The molecule has 1 atom stereocenters. The maximum atomic E-state index is 12.8. The number of fused-ring (bicyclic) bond motifs is 1. The Morgan fingerprint density at radius 1 is 1.23 bits per heavy atom. The van der Waals surface area contributed by atoms with E-state index in [1.165, 1.54) is 0 Å². The lowest BCUT2D eigenvalue weighted by Gasteiger charge is -2.40. The van der Waals surface area contributed by atoms with E-state index in [0.717, 1.165) is 42.9 Å². The first-order chi connectivity index (χ1) is 12.6. The number of carbonyl (C=O) groups is 1. The lowest BCUT2D eigenvalue weighted by Crippen LogP contribution is -2.54. The molecule has 2 saturated heterocycles. The van der Waals surface area contributed by atoms with Crippen LogP contribution in [0.15, 0.2) is 12.7 Å². The summed E-state index contributed by atoms with van der Waals surface area (Å²) >= 11 is 0. The van der Waals surface area contributed by atoms with Gasteiger partial charge in [-0.2, -0.15) is 0 Å². The summed E-state index contributed by atoms with van der Waals surface area (Å²) in [7, 11) is 3.84. The molecule has 2 aromatic heterocycles. The Morgan fingerprint density at radius 3 is 2.85 bits per heavy atom. The number of aromatic nitrogens is 4. The summed E-state index contributed by atoms with van der Waals surface area (Å²) in [6.45, 7) is 4.25. The van der Waals surface area contributed by atoms with Crippen molar-refractivity contribution in [2.24, 2.45) is 7.05 Å². The van der Waals surface area contributed by atoms with E-state index >= 15 is 0 Å². The number of hydrogen-bond acceptors (Lipinski definition) is 6. The minimum atomic E-state index is 0.0887. The smallest absolute Gasteiger partial charge is 0.320 e. The number of likely N-dealkylation sites (N-methyl/N-ethyl adjacent to an activating group) is 1. The van der Waals surface area contributed by atoms with Gasteiger partial charge in [-0.05, 0) is 12.8 Å². The number of aryl methyl sites for hydroxylation is 1. The maximum Gasteiger partial charge on any atom is 0.320 e. The molecule has 0 aromatic carbocycles. The van der Waals surface area contributed by atoms with Gasteiger partial charge >= 0.3 is 6.03 Å². The second-order valence-corrected chi connectivity index (χ2v) is 6.96. The van der Waals surface area contributed by atoms with E-state index in [4.69, 9.17) is 4.74 Å². The van der Waals surface area contributed by atoms with Gasteiger partial charge in [0.25, 0.3) is 0 Å². The number of rotatable bonds is 2. The first-order valence-electron chi connectivity index (χ1n) is 9.11. The van der Waals surface area contributed by atoms with E-state index in [-0.39, 0.29) is 12.1 Å². The van der Waals surface area contributed by atoms with Gasteiger partial charge in [0.1, 0.15) is 6.33 Å². The molecule has 2 fully saturated rings. The van der Waals surface area contributed by atoms with Gasteiger partial charge in [-0.1, -0.05) is 0 Å². The Balaban J connectivity index is 1.50. The van der Waals surface area contributed by atoms with Gasteiger partial charge in [-0.25, -0.2) is 19.7 Å². The Hall–Kier alpha value is -2.42. The number of amides is 2. The van der Waals surface area contributed by atoms with Crippen molar-refractivity contribution < 1.29 is 9.53 Å². The first kappa shape index (κ1) is 17.0. The van der Waals surface area contributed by atoms with Gasteiger partial charge in [-0.3, -0.25) is 0 Å². The van der Waals surface area contributed by atoms with Gasteiger partial charge in [0, 0.05) is 40.3 Å². The van der Waals surface area contributed by atoms with Crippen molar-refractivity contribution in [2.75, 3.05) is 51.3 Å². The van der Waals surface area contributed by atoms with Gasteiger partial charge in [0.05, 0.1) is 25.6 Å². The molecule has 140 valence electrons. The predicted molar refractivity (Wildman–Crippen MR) is 97.1 cm³/mol. The van der Waals surface area contributed by atoms with Gasteiger partial charge in [0.15, 0.2) is 17.0 Å². The zero-order valence-electron chi connectivity index (χ0n) is 15.3. The van der Waals surface area contributed by atoms with E-state index in [9.17, 15) is 4.79 Å². The molecule has 0 spiro atoms. The second kappa shape index (κ2) is 7.06.